The number of rotatable bonds is 3. The monoisotopic (exact) mass is 333 g/mol. The molecule has 6 nitrogen and oxygen atoms in total. The van der Waals surface area contributed by atoms with Gasteiger partial charge in [-0.2, -0.15) is 5.10 Å². The Kier molecular flexibility index (Phi) is 4.34. The number of hydrogen-bond donors (Lipinski definition) is 1. The Morgan fingerprint density at radius 2 is 2.17 bits per heavy atom. The average Bonchev–Trinajstić information content (AvgIpc) is 2.98. The van der Waals surface area contributed by atoms with Gasteiger partial charge in [0.15, 0.2) is 5.69 Å². The van der Waals surface area contributed by atoms with Crippen molar-refractivity contribution in [1.82, 2.24) is 15.1 Å². The van der Waals surface area contributed by atoms with Crippen molar-refractivity contribution in [2.75, 3.05) is 13.2 Å². The first-order chi connectivity index (χ1) is 11.1. The molecule has 1 amide bonds. The number of ether oxygens (including phenoxy) is 1. The second kappa shape index (κ2) is 6.42. The molecule has 0 radical (unpaired) electrons. The van der Waals surface area contributed by atoms with Gasteiger partial charge in [0.05, 0.1) is 23.7 Å². The fraction of sp³-hybridized carbons (Fsp3) is 0.312. The van der Waals surface area contributed by atoms with Gasteiger partial charge in [0.1, 0.15) is 0 Å². The molecule has 0 aliphatic carbocycles. The van der Waals surface area contributed by atoms with Crippen LogP contribution in [0.1, 0.15) is 39.0 Å². The highest BCUT2D eigenvalue weighted by Gasteiger charge is 2.29. The van der Waals surface area contributed by atoms with Crippen molar-refractivity contribution in [3.05, 3.63) is 51.8 Å². The maximum atomic E-state index is 12.7. The molecule has 1 aromatic carbocycles. The summed E-state index contributed by atoms with van der Waals surface area (Å²) in [5.41, 5.74) is 2.30. The predicted molar refractivity (Wildman–Crippen MR) is 84.4 cm³/mol. The highest BCUT2D eigenvalue weighted by molar-refractivity contribution is 6.33. The van der Waals surface area contributed by atoms with E-state index in [0.717, 1.165) is 11.3 Å². The molecule has 0 fully saturated rings. The third-order valence-corrected chi connectivity index (χ3v) is 4.12. The first kappa shape index (κ1) is 15.6. The van der Waals surface area contributed by atoms with Crippen LogP contribution in [-0.4, -0.2) is 40.1 Å². The van der Waals surface area contributed by atoms with Crippen molar-refractivity contribution >= 4 is 23.5 Å². The van der Waals surface area contributed by atoms with E-state index in [9.17, 15) is 9.59 Å². The molecule has 3 rings (SSSR count). The van der Waals surface area contributed by atoms with Crippen molar-refractivity contribution in [1.29, 1.82) is 0 Å². The number of carbonyl (C=O) groups excluding carboxylic acids is 2. The van der Waals surface area contributed by atoms with Crippen LogP contribution in [-0.2, 0) is 17.7 Å². The zero-order chi connectivity index (χ0) is 16.4. The maximum Gasteiger partial charge on any atom is 0.359 e. The molecule has 2 heterocycles. The van der Waals surface area contributed by atoms with Gasteiger partial charge in [-0.15, -0.1) is 0 Å². The number of fused-ring (bicyclic) bond motifs is 1. The molecule has 120 valence electrons. The van der Waals surface area contributed by atoms with E-state index < -0.39 is 5.97 Å². The molecule has 1 aromatic heterocycles. The summed E-state index contributed by atoms with van der Waals surface area (Å²) >= 11 is 6.10. The van der Waals surface area contributed by atoms with Crippen LogP contribution in [0, 0.1) is 0 Å². The fourth-order valence-electron chi connectivity index (χ4n) is 2.64. The lowest BCUT2D eigenvalue weighted by Crippen LogP contribution is -2.36. The van der Waals surface area contributed by atoms with Crippen LogP contribution < -0.4 is 0 Å². The molecule has 2 aromatic rings. The Hall–Kier alpha value is -2.34. The number of aromatic nitrogens is 2. The second-order valence-electron chi connectivity index (χ2n) is 5.21. The van der Waals surface area contributed by atoms with Gasteiger partial charge in [-0.25, -0.2) is 4.79 Å². The molecule has 1 N–H and O–H groups in total. The molecule has 0 spiro atoms. The van der Waals surface area contributed by atoms with E-state index in [0.29, 0.717) is 30.1 Å². The first-order valence-corrected chi connectivity index (χ1v) is 7.76. The minimum atomic E-state index is -0.475. The van der Waals surface area contributed by atoms with Gasteiger partial charge in [0.2, 0.25) is 0 Å². The standard InChI is InChI=1S/C16H16ClN3O3/c1-2-23-16(22)14-11-9-20(8-7-13(11)18-19-14)15(21)10-5-3-4-6-12(10)17/h3-6H,2,7-9H2,1H3,(H,18,19). The van der Waals surface area contributed by atoms with E-state index in [-0.39, 0.29) is 18.2 Å². The van der Waals surface area contributed by atoms with Crippen molar-refractivity contribution in [3.63, 3.8) is 0 Å². The number of hydrogen-bond acceptors (Lipinski definition) is 4. The van der Waals surface area contributed by atoms with Crippen LogP contribution in [0.15, 0.2) is 24.3 Å². The van der Waals surface area contributed by atoms with Gasteiger partial charge in [0, 0.05) is 24.2 Å². The lowest BCUT2D eigenvalue weighted by Gasteiger charge is -2.27. The molecule has 0 unspecified atom stereocenters. The zero-order valence-electron chi connectivity index (χ0n) is 12.6. The van der Waals surface area contributed by atoms with E-state index in [2.05, 4.69) is 10.2 Å². The Morgan fingerprint density at radius 3 is 2.91 bits per heavy atom. The summed E-state index contributed by atoms with van der Waals surface area (Å²) < 4.78 is 5.01. The smallest absolute Gasteiger partial charge is 0.359 e. The second-order valence-corrected chi connectivity index (χ2v) is 5.61. The SMILES string of the molecule is CCOC(=O)c1n[nH]c2c1CN(C(=O)c1ccccc1Cl)CC2. The molecule has 23 heavy (non-hydrogen) atoms. The Balaban J connectivity index is 1.85. The summed E-state index contributed by atoms with van der Waals surface area (Å²) in [7, 11) is 0. The number of halogens is 1. The third kappa shape index (κ3) is 2.94. The van der Waals surface area contributed by atoms with E-state index in [1.54, 1.807) is 36.1 Å². The van der Waals surface area contributed by atoms with Crippen LogP contribution in [0.2, 0.25) is 5.02 Å². The van der Waals surface area contributed by atoms with E-state index in [1.807, 2.05) is 0 Å². The number of carbonyl (C=O) groups is 2. The summed E-state index contributed by atoms with van der Waals surface area (Å²) in [5.74, 6) is -0.630. The van der Waals surface area contributed by atoms with Crippen molar-refractivity contribution in [2.45, 2.75) is 19.9 Å². The highest BCUT2D eigenvalue weighted by atomic mass is 35.5. The van der Waals surface area contributed by atoms with Gasteiger partial charge in [0.25, 0.3) is 5.91 Å². The van der Waals surface area contributed by atoms with E-state index >= 15 is 0 Å². The first-order valence-electron chi connectivity index (χ1n) is 7.38. The number of nitrogens with zero attached hydrogens (tertiary/aromatic N) is 2. The number of esters is 1. The quantitative estimate of drug-likeness (QED) is 0.875. The van der Waals surface area contributed by atoms with Crippen LogP contribution in [0.5, 0.6) is 0 Å². The largest absolute Gasteiger partial charge is 0.461 e. The maximum absolute atomic E-state index is 12.7. The number of nitrogens with one attached hydrogen (secondary N) is 1. The van der Waals surface area contributed by atoms with Gasteiger partial charge in [-0.3, -0.25) is 9.89 Å². The van der Waals surface area contributed by atoms with Gasteiger partial charge < -0.3 is 9.64 Å². The number of aromatic amines is 1. The summed E-state index contributed by atoms with van der Waals surface area (Å²) in [6.45, 7) is 2.87. The lowest BCUT2D eigenvalue weighted by atomic mass is 10.0. The Bertz CT molecular complexity index is 757. The van der Waals surface area contributed by atoms with Crippen LogP contribution in [0.25, 0.3) is 0 Å². The predicted octanol–water partition coefficient (Wildman–Crippen LogP) is 2.44. The van der Waals surface area contributed by atoms with Gasteiger partial charge in [-0.05, 0) is 19.1 Å². The van der Waals surface area contributed by atoms with Gasteiger partial charge >= 0.3 is 5.97 Å². The molecular weight excluding hydrogens is 318 g/mol. The van der Waals surface area contributed by atoms with Crippen molar-refractivity contribution in [2.24, 2.45) is 0 Å². The van der Waals surface area contributed by atoms with Gasteiger partial charge in [-0.1, -0.05) is 23.7 Å². The molecular formula is C16H16ClN3O3. The summed E-state index contributed by atoms with van der Waals surface area (Å²) in [6, 6.07) is 6.94. The Morgan fingerprint density at radius 1 is 1.39 bits per heavy atom. The number of H-pyrrole nitrogens is 1. The van der Waals surface area contributed by atoms with E-state index in [1.165, 1.54) is 0 Å². The number of amides is 1. The normalized spacial score (nSPS) is 13.6. The average molecular weight is 334 g/mol. The molecule has 1 aliphatic rings. The molecule has 0 saturated heterocycles. The minimum Gasteiger partial charge on any atom is -0.461 e. The molecule has 7 heteroatoms. The highest BCUT2D eigenvalue weighted by Crippen LogP contribution is 2.24. The number of benzene rings is 1. The fourth-order valence-corrected chi connectivity index (χ4v) is 2.86. The summed E-state index contributed by atoms with van der Waals surface area (Å²) in [5, 5.41) is 7.32. The molecule has 1 aliphatic heterocycles. The topological polar surface area (TPSA) is 75.3 Å². The van der Waals surface area contributed by atoms with Crippen molar-refractivity contribution in [3.8, 4) is 0 Å². The Labute approximate surface area is 138 Å². The summed E-state index contributed by atoms with van der Waals surface area (Å²) in [6.07, 6.45) is 0.609. The van der Waals surface area contributed by atoms with Crippen LogP contribution >= 0.6 is 11.6 Å². The molecule has 0 atom stereocenters. The van der Waals surface area contributed by atoms with Crippen LogP contribution in [0.4, 0.5) is 0 Å². The zero-order valence-corrected chi connectivity index (χ0v) is 13.4. The van der Waals surface area contributed by atoms with E-state index in [4.69, 9.17) is 16.3 Å². The minimum absolute atomic E-state index is 0.155. The van der Waals surface area contributed by atoms with Crippen molar-refractivity contribution < 1.29 is 14.3 Å². The van der Waals surface area contributed by atoms with Crippen LogP contribution in [0.3, 0.4) is 0 Å². The molecule has 0 bridgehead atoms. The summed E-state index contributed by atoms with van der Waals surface area (Å²) in [4.78, 5) is 26.3. The lowest BCUT2D eigenvalue weighted by molar-refractivity contribution is 0.0513. The third-order valence-electron chi connectivity index (χ3n) is 3.79. The molecule has 0 saturated carbocycles.